The minimum Gasteiger partial charge on any atom is -0.398 e. The molecule has 0 bridgehead atoms. The molecule has 6 heteroatoms. The Hall–Kier alpha value is -2.27. The van der Waals surface area contributed by atoms with E-state index < -0.39 is 0 Å². The SMILES string of the molecule is Nc1ccc(=O)n(Cc2cn3cccc(Cl)c3n2)c1. The first-order valence-electron chi connectivity index (χ1n) is 5.71. The number of nitrogen functional groups attached to an aromatic ring is 1. The molecule has 19 heavy (non-hydrogen) atoms. The number of halogens is 1. The smallest absolute Gasteiger partial charge is 0.251 e. The van der Waals surface area contributed by atoms with E-state index in [1.54, 1.807) is 18.3 Å². The van der Waals surface area contributed by atoms with Crippen molar-refractivity contribution in [3.05, 3.63) is 63.9 Å². The average Bonchev–Trinajstić information content (AvgIpc) is 2.78. The molecule has 0 aliphatic heterocycles. The normalized spacial score (nSPS) is 11.0. The molecule has 0 amide bonds. The number of hydrogen-bond acceptors (Lipinski definition) is 3. The highest BCUT2D eigenvalue weighted by atomic mass is 35.5. The Bertz CT molecular complexity index is 806. The van der Waals surface area contributed by atoms with Gasteiger partial charge in [0.2, 0.25) is 0 Å². The van der Waals surface area contributed by atoms with Gasteiger partial charge in [0, 0.05) is 30.3 Å². The van der Waals surface area contributed by atoms with Crippen molar-refractivity contribution in [1.29, 1.82) is 0 Å². The Morgan fingerprint density at radius 3 is 2.89 bits per heavy atom. The first kappa shape index (κ1) is 11.8. The standard InChI is InChI=1S/C13H11ClN4O/c14-11-2-1-5-17-7-10(16-13(11)17)8-18-6-9(15)3-4-12(18)19/h1-7H,8,15H2. The summed E-state index contributed by atoms with van der Waals surface area (Å²) in [4.78, 5) is 16.1. The molecular formula is C13H11ClN4O. The number of aromatic nitrogens is 3. The molecule has 0 saturated carbocycles. The second kappa shape index (κ2) is 4.44. The highest BCUT2D eigenvalue weighted by Crippen LogP contribution is 2.16. The number of nitrogens with two attached hydrogens (primary N) is 1. The second-order valence-corrected chi connectivity index (χ2v) is 4.66. The largest absolute Gasteiger partial charge is 0.398 e. The molecule has 0 saturated heterocycles. The number of nitrogens with zero attached hydrogens (tertiary/aromatic N) is 3. The summed E-state index contributed by atoms with van der Waals surface area (Å²) < 4.78 is 3.35. The molecule has 0 atom stereocenters. The number of imidazole rings is 1. The quantitative estimate of drug-likeness (QED) is 0.775. The summed E-state index contributed by atoms with van der Waals surface area (Å²) in [5.74, 6) is 0. The zero-order valence-electron chi connectivity index (χ0n) is 9.95. The number of hydrogen-bond donors (Lipinski definition) is 1. The zero-order valence-corrected chi connectivity index (χ0v) is 10.7. The summed E-state index contributed by atoms with van der Waals surface area (Å²) in [7, 11) is 0. The molecule has 0 aromatic carbocycles. The lowest BCUT2D eigenvalue weighted by Gasteiger charge is -2.03. The van der Waals surface area contributed by atoms with Crippen molar-refractivity contribution < 1.29 is 0 Å². The van der Waals surface area contributed by atoms with E-state index in [4.69, 9.17) is 17.3 Å². The van der Waals surface area contributed by atoms with E-state index in [9.17, 15) is 4.79 Å². The van der Waals surface area contributed by atoms with E-state index in [-0.39, 0.29) is 5.56 Å². The maximum absolute atomic E-state index is 11.7. The van der Waals surface area contributed by atoms with Crippen LogP contribution in [0.4, 0.5) is 5.69 Å². The summed E-state index contributed by atoms with van der Waals surface area (Å²) in [6.07, 6.45) is 5.31. The lowest BCUT2D eigenvalue weighted by molar-refractivity contribution is 0.746. The maximum atomic E-state index is 11.7. The molecule has 96 valence electrons. The molecule has 3 aromatic heterocycles. The van der Waals surface area contributed by atoms with Crippen LogP contribution >= 0.6 is 11.6 Å². The molecule has 0 fully saturated rings. The van der Waals surface area contributed by atoms with E-state index in [0.29, 0.717) is 22.9 Å². The first-order valence-corrected chi connectivity index (χ1v) is 6.09. The van der Waals surface area contributed by atoms with Gasteiger partial charge in [0.05, 0.1) is 17.3 Å². The molecule has 3 aromatic rings. The Morgan fingerprint density at radius 1 is 1.26 bits per heavy atom. The van der Waals surface area contributed by atoms with Crippen LogP contribution in [0.3, 0.4) is 0 Å². The van der Waals surface area contributed by atoms with Gasteiger partial charge in [-0.05, 0) is 18.2 Å². The van der Waals surface area contributed by atoms with Crippen molar-refractivity contribution in [3.8, 4) is 0 Å². The zero-order chi connectivity index (χ0) is 13.4. The van der Waals surface area contributed by atoms with Gasteiger partial charge in [0.15, 0.2) is 5.65 Å². The van der Waals surface area contributed by atoms with Crippen LogP contribution in [0.5, 0.6) is 0 Å². The predicted molar refractivity (Wildman–Crippen MR) is 74.4 cm³/mol. The van der Waals surface area contributed by atoms with E-state index >= 15 is 0 Å². The van der Waals surface area contributed by atoms with Crippen LogP contribution in [-0.2, 0) is 6.54 Å². The fourth-order valence-corrected chi connectivity index (χ4v) is 2.17. The lowest BCUT2D eigenvalue weighted by atomic mass is 10.4. The third kappa shape index (κ3) is 2.20. The first-order chi connectivity index (χ1) is 9.13. The lowest BCUT2D eigenvalue weighted by Crippen LogP contribution is -2.19. The van der Waals surface area contributed by atoms with Gasteiger partial charge in [-0.3, -0.25) is 4.79 Å². The van der Waals surface area contributed by atoms with Crippen molar-refractivity contribution in [2.24, 2.45) is 0 Å². The van der Waals surface area contributed by atoms with Crippen LogP contribution in [0.1, 0.15) is 5.69 Å². The molecule has 0 aliphatic carbocycles. The molecule has 2 N–H and O–H groups in total. The van der Waals surface area contributed by atoms with Crippen molar-refractivity contribution in [2.75, 3.05) is 5.73 Å². The number of pyridine rings is 2. The number of anilines is 1. The van der Waals surface area contributed by atoms with E-state index in [0.717, 1.165) is 5.69 Å². The Kier molecular flexibility index (Phi) is 2.76. The summed E-state index contributed by atoms with van der Waals surface area (Å²) in [5.41, 5.74) is 7.53. The molecule has 0 spiro atoms. The maximum Gasteiger partial charge on any atom is 0.251 e. The summed E-state index contributed by atoms with van der Waals surface area (Å²) >= 11 is 6.06. The molecule has 5 nitrogen and oxygen atoms in total. The van der Waals surface area contributed by atoms with Gasteiger partial charge in [-0.25, -0.2) is 4.98 Å². The van der Waals surface area contributed by atoms with Crippen LogP contribution < -0.4 is 11.3 Å². The third-order valence-electron chi connectivity index (χ3n) is 2.82. The fourth-order valence-electron chi connectivity index (χ4n) is 1.95. The van der Waals surface area contributed by atoms with Gasteiger partial charge >= 0.3 is 0 Å². The summed E-state index contributed by atoms with van der Waals surface area (Å²) in [5, 5.41) is 0.577. The molecule has 3 heterocycles. The summed E-state index contributed by atoms with van der Waals surface area (Å²) in [6, 6.07) is 6.64. The van der Waals surface area contributed by atoms with E-state index in [2.05, 4.69) is 4.98 Å². The van der Waals surface area contributed by atoms with Crippen molar-refractivity contribution in [2.45, 2.75) is 6.54 Å². The summed E-state index contributed by atoms with van der Waals surface area (Å²) in [6.45, 7) is 0.363. The highest BCUT2D eigenvalue weighted by molar-refractivity contribution is 6.33. The molecule has 0 aliphatic rings. The van der Waals surface area contributed by atoms with Gasteiger partial charge in [0.25, 0.3) is 5.56 Å². The van der Waals surface area contributed by atoms with Crippen LogP contribution in [0.15, 0.2) is 47.7 Å². The van der Waals surface area contributed by atoms with Crippen LogP contribution in [-0.4, -0.2) is 14.0 Å². The van der Waals surface area contributed by atoms with E-state index in [1.165, 1.54) is 10.6 Å². The third-order valence-corrected chi connectivity index (χ3v) is 3.12. The highest BCUT2D eigenvalue weighted by Gasteiger charge is 2.06. The van der Waals surface area contributed by atoms with Crippen molar-refractivity contribution in [3.63, 3.8) is 0 Å². The molecule has 3 rings (SSSR count). The molecule has 0 unspecified atom stereocenters. The van der Waals surface area contributed by atoms with Crippen LogP contribution in [0.2, 0.25) is 5.02 Å². The Labute approximate surface area is 113 Å². The van der Waals surface area contributed by atoms with Crippen molar-refractivity contribution in [1.82, 2.24) is 14.0 Å². The predicted octanol–water partition coefficient (Wildman–Crippen LogP) is 1.78. The monoisotopic (exact) mass is 274 g/mol. The number of rotatable bonds is 2. The topological polar surface area (TPSA) is 65.3 Å². The number of fused-ring (bicyclic) bond motifs is 1. The fraction of sp³-hybridized carbons (Fsp3) is 0.0769. The average molecular weight is 275 g/mol. The van der Waals surface area contributed by atoms with Crippen molar-refractivity contribution >= 4 is 22.9 Å². The van der Waals surface area contributed by atoms with E-state index in [1.807, 2.05) is 22.9 Å². The Balaban J connectivity index is 2.04. The Morgan fingerprint density at radius 2 is 2.11 bits per heavy atom. The molecular weight excluding hydrogens is 264 g/mol. The minimum atomic E-state index is -0.114. The van der Waals surface area contributed by atoms with Gasteiger partial charge in [-0.2, -0.15) is 0 Å². The van der Waals surface area contributed by atoms with Gasteiger partial charge in [-0.1, -0.05) is 11.6 Å². The van der Waals surface area contributed by atoms with Crippen LogP contribution in [0, 0.1) is 0 Å². The van der Waals surface area contributed by atoms with Gasteiger partial charge in [-0.15, -0.1) is 0 Å². The van der Waals surface area contributed by atoms with Gasteiger partial charge in [0.1, 0.15) is 0 Å². The van der Waals surface area contributed by atoms with Gasteiger partial charge < -0.3 is 14.7 Å². The minimum absolute atomic E-state index is 0.114. The second-order valence-electron chi connectivity index (χ2n) is 4.25. The van der Waals surface area contributed by atoms with Crippen LogP contribution in [0.25, 0.3) is 5.65 Å². The molecule has 0 radical (unpaired) electrons.